The summed E-state index contributed by atoms with van der Waals surface area (Å²) in [6.07, 6.45) is 2.41. The zero-order chi connectivity index (χ0) is 17.6. The number of nitrogens with zero attached hydrogens (tertiary/aromatic N) is 1. The molecule has 0 aliphatic heterocycles. The number of ether oxygens (including phenoxy) is 1. The largest absolute Gasteiger partial charge is 0.380 e. The number of para-hydroxylation sites is 2. The van der Waals surface area contributed by atoms with E-state index in [2.05, 4.69) is 29.6 Å². The minimum atomic E-state index is -1.08. The molecule has 0 aliphatic carbocycles. The Labute approximate surface area is 146 Å². The predicted octanol–water partition coefficient (Wildman–Crippen LogP) is 2.90. The molecule has 0 bridgehead atoms. The van der Waals surface area contributed by atoms with Crippen LogP contribution in [0.1, 0.15) is 18.7 Å². The average molecular weight is 349 g/mol. The van der Waals surface area contributed by atoms with E-state index in [0.29, 0.717) is 19.6 Å². The van der Waals surface area contributed by atoms with E-state index >= 15 is 0 Å². The van der Waals surface area contributed by atoms with E-state index in [9.17, 15) is 0 Å². The quantitative estimate of drug-likeness (QED) is 0.455. The van der Waals surface area contributed by atoms with Gasteiger partial charge in [-0.1, -0.05) is 31.8 Å². The van der Waals surface area contributed by atoms with Crippen molar-refractivity contribution in [3.8, 4) is 0 Å². The number of imidazole rings is 1. The summed E-state index contributed by atoms with van der Waals surface area (Å²) in [6, 6.07) is 9.21. The van der Waals surface area contributed by atoms with Crippen LogP contribution in [0.15, 0.2) is 24.3 Å². The SMILES string of the molecule is C[Si](C)(C)CCOCC(N)(CCCN)Cc1nc2ccccc2[nH]1. The van der Waals surface area contributed by atoms with Crippen molar-refractivity contribution in [3.63, 3.8) is 0 Å². The second-order valence-corrected chi connectivity index (χ2v) is 13.6. The van der Waals surface area contributed by atoms with Crippen LogP contribution in [0.2, 0.25) is 25.7 Å². The predicted molar refractivity (Wildman–Crippen MR) is 104 cm³/mol. The first-order chi connectivity index (χ1) is 11.3. The first-order valence-corrected chi connectivity index (χ1v) is 12.5. The highest BCUT2D eigenvalue weighted by atomic mass is 28.3. The smallest absolute Gasteiger partial charge is 0.109 e. The lowest BCUT2D eigenvalue weighted by atomic mass is 9.91. The fourth-order valence-corrected chi connectivity index (χ4v) is 3.50. The van der Waals surface area contributed by atoms with Crippen LogP contribution in [0.25, 0.3) is 11.0 Å². The minimum Gasteiger partial charge on any atom is -0.380 e. The molecular weight excluding hydrogens is 316 g/mol. The van der Waals surface area contributed by atoms with Crippen LogP contribution < -0.4 is 11.5 Å². The van der Waals surface area contributed by atoms with Crippen LogP contribution in [-0.2, 0) is 11.2 Å². The van der Waals surface area contributed by atoms with Gasteiger partial charge in [0.15, 0.2) is 0 Å². The highest BCUT2D eigenvalue weighted by Gasteiger charge is 2.27. The number of hydrogen-bond donors (Lipinski definition) is 3. The Morgan fingerprint density at radius 2 is 2.00 bits per heavy atom. The van der Waals surface area contributed by atoms with Crippen LogP contribution in [0, 0.1) is 0 Å². The summed E-state index contributed by atoms with van der Waals surface area (Å²) in [4.78, 5) is 8.03. The van der Waals surface area contributed by atoms with Gasteiger partial charge in [-0.3, -0.25) is 0 Å². The van der Waals surface area contributed by atoms with E-state index in [1.54, 1.807) is 0 Å². The third kappa shape index (κ3) is 6.01. The molecule has 0 amide bonds. The van der Waals surface area contributed by atoms with Crippen molar-refractivity contribution in [2.75, 3.05) is 19.8 Å². The van der Waals surface area contributed by atoms with Gasteiger partial charge in [0, 0.05) is 26.6 Å². The molecule has 0 saturated carbocycles. The molecule has 24 heavy (non-hydrogen) atoms. The van der Waals surface area contributed by atoms with Gasteiger partial charge in [0.2, 0.25) is 0 Å². The Balaban J connectivity index is 2.00. The van der Waals surface area contributed by atoms with E-state index in [1.165, 1.54) is 0 Å². The highest BCUT2D eigenvalue weighted by Crippen LogP contribution is 2.19. The summed E-state index contributed by atoms with van der Waals surface area (Å²) < 4.78 is 5.95. The Morgan fingerprint density at radius 3 is 2.67 bits per heavy atom. The number of aromatic amines is 1. The number of benzene rings is 1. The van der Waals surface area contributed by atoms with E-state index in [4.69, 9.17) is 16.2 Å². The Morgan fingerprint density at radius 1 is 1.25 bits per heavy atom. The number of H-pyrrole nitrogens is 1. The molecule has 2 aromatic rings. The first-order valence-electron chi connectivity index (χ1n) is 8.82. The number of fused-ring (bicyclic) bond motifs is 1. The molecule has 134 valence electrons. The number of rotatable bonds is 10. The van der Waals surface area contributed by atoms with Crippen molar-refractivity contribution in [1.82, 2.24) is 9.97 Å². The summed E-state index contributed by atoms with van der Waals surface area (Å²) in [5.74, 6) is 0.921. The number of hydrogen-bond acceptors (Lipinski definition) is 4. The number of nitrogens with one attached hydrogen (secondary N) is 1. The van der Waals surface area contributed by atoms with Gasteiger partial charge in [0.25, 0.3) is 0 Å². The molecule has 5 N–H and O–H groups in total. The molecule has 2 rings (SSSR count). The minimum absolute atomic E-state index is 0.424. The van der Waals surface area contributed by atoms with Crippen LogP contribution in [0.5, 0.6) is 0 Å². The molecule has 1 heterocycles. The van der Waals surface area contributed by atoms with Crippen LogP contribution >= 0.6 is 0 Å². The van der Waals surface area contributed by atoms with Gasteiger partial charge in [-0.05, 0) is 37.6 Å². The summed E-state index contributed by atoms with van der Waals surface area (Å²) in [6.45, 7) is 9.05. The first kappa shape index (κ1) is 19.1. The fraction of sp³-hybridized carbons (Fsp3) is 0.611. The third-order valence-corrected chi connectivity index (χ3v) is 5.93. The van der Waals surface area contributed by atoms with Crippen molar-refractivity contribution in [3.05, 3.63) is 30.1 Å². The molecule has 1 atom stereocenters. The lowest BCUT2D eigenvalue weighted by molar-refractivity contribution is 0.0881. The van der Waals surface area contributed by atoms with Crippen molar-refractivity contribution < 1.29 is 4.74 Å². The molecule has 5 nitrogen and oxygen atoms in total. The van der Waals surface area contributed by atoms with Crippen molar-refractivity contribution in [1.29, 1.82) is 0 Å². The number of aromatic nitrogens is 2. The van der Waals surface area contributed by atoms with Crippen molar-refractivity contribution in [2.45, 2.75) is 50.5 Å². The molecule has 0 fully saturated rings. The lowest BCUT2D eigenvalue weighted by Crippen LogP contribution is -2.47. The molecule has 1 unspecified atom stereocenters. The molecule has 6 heteroatoms. The van der Waals surface area contributed by atoms with Crippen molar-refractivity contribution >= 4 is 19.1 Å². The molecule has 1 aromatic heterocycles. The van der Waals surface area contributed by atoms with Gasteiger partial charge in [0.1, 0.15) is 5.82 Å². The summed E-state index contributed by atoms with van der Waals surface area (Å²) >= 11 is 0. The van der Waals surface area contributed by atoms with Crippen LogP contribution in [0.4, 0.5) is 0 Å². The fourth-order valence-electron chi connectivity index (χ4n) is 2.74. The molecule has 0 spiro atoms. The molecule has 0 aliphatic rings. The van der Waals surface area contributed by atoms with Gasteiger partial charge in [0.05, 0.1) is 17.6 Å². The zero-order valence-electron chi connectivity index (χ0n) is 15.3. The molecule has 1 aromatic carbocycles. The van der Waals surface area contributed by atoms with E-state index < -0.39 is 13.6 Å². The Kier molecular flexibility index (Phi) is 6.57. The maximum Gasteiger partial charge on any atom is 0.109 e. The van der Waals surface area contributed by atoms with Crippen LogP contribution in [-0.4, -0.2) is 43.3 Å². The third-order valence-electron chi connectivity index (χ3n) is 4.22. The monoisotopic (exact) mass is 348 g/mol. The standard InChI is InChI=1S/C18H32N4OSi/c1-24(2,3)12-11-23-14-18(20,9-6-10-19)13-17-21-15-7-4-5-8-16(15)22-17/h4-5,7-8H,6,9-14,19-20H2,1-3H3,(H,21,22). The normalized spacial score (nSPS) is 14.9. The topological polar surface area (TPSA) is 89.9 Å². The highest BCUT2D eigenvalue weighted by molar-refractivity contribution is 6.76. The average Bonchev–Trinajstić information content (AvgIpc) is 2.91. The molecule has 0 saturated heterocycles. The summed E-state index contributed by atoms with van der Waals surface area (Å²) in [7, 11) is -1.08. The van der Waals surface area contributed by atoms with Gasteiger partial charge in [-0.15, -0.1) is 0 Å². The maximum atomic E-state index is 6.66. The van der Waals surface area contributed by atoms with E-state index in [-0.39, 0.29) is 0 Å². The Hall–Kier alpha value is -1.21. The van der Waals surface area contributed by atoms with E-state index in [1.807, 2.05) is 24.3 Å². The van der Waals surface area contributed by atoms with Gasteiger partial charge in [-0.2, -0.15) is 0 Å². The van der Waals surface area contributed by atoms with E-state index in [0.717, 1.165) is 42.4 Å². The second kappa shape index (κ2) is 8.25. The van der Waals surface area contributed by atoms with Gasteiger partial charge < -0.3 is 21.2 Å². The van der Waals surface area contributed by atoms with Crippen LogP contribution in [0.3, 0.4) is 0 Å². The summed E-state index contributed by atoms with van der Waals surface area (Å²) in [5.41, 5.74) is 14.0. The molecule has 0 radical (unpaired) electrons. The second-order valence-electron chi connectivity index (χ2n) is 8.00. The summed E-state index contributed by atoms with van der Waals surface area (Å²) in [5, 5.41) is 0. The lowest BCUT2D eigenvalue weighted by Gasteiger charge is -2.29. The molecular formula is C18H32N4OSi. The Bertz CT molecular complexity index is 604. The number of nitrogens with two attached hydrogens (primary N) is 2. The van der Waals surface area contributed by atoms with Gasteiger partial charge >= 0.3 is 0 Å². The zero-order valence-corrected chi connectivity index (χ0v) is 16.3. The van der Waals surface area contributed by atoms with Gasteiger partial charge in [-0.25, -0.2) is 4.98 Å². The van der Waals surface area contributed by atoms with Crippen molar-refractivity contribution in [2.24, 2.45) is 11.5 Å². The maximum absolute atomic E-state index is 6.66.